The molecule has 0 amide bonds. The number of anilines is 1. The maximum atomic E-state index is 6.60. The van der Waals surface area contributed by atoms with Crippen LogP contribution in [0.4, 0.5) is 5.69 Å². The van der Waals surface area contributed by atoms with Crippen molar-refractivity contribution in [3.8, 4) is 0 Å². The molecule has 0 N–H and O–H groups in total. The van der Waals surface area contributed by atoms with E-state index in [1.165, 1.54) is 16.7 Å². The molecule has 0 radical (unpaired) electrons. The summed E-state index contributed by atoms with van der Waals surface area (Å²) < 4.78 is 5.23. The number of hydrogen-bond donors (Lipinski definition) is 0. The van der Waals surface area contributed by atoms with Gasteiger partial charge >= 0.3 is 0 Å². The molecule has 3 aromatic rings. The van der Waals surface area contributed by atoms with Crippen molar-refractivity contribution in [2.75, 3.05) is 24.5 Å². The van der Waals surface area contributed by atoms with E-state index in [-0.39, 0.29) is 6.04 Å². The predicted octanol–water partition coefficient (Wildman–Crippen LogP) is 5.96. The Morgan fingerprint density at radius 3 is 2.56 bits per heavy atom. The zero-order valence-electron chi connectivity index (χ0n) is 15.2. The van der Waals surface area contributed by atoms with Gasteiger partial charge in [-0.25, -0.2) is 0 Å². The molecule has 0 spiro atoms. The zero-order chi connectivity index (χ0) is 18.8. The highest BCUT2D eigenvalue weighted by molar-refractivity contribution is 6.33. The molecule has 1 aromatic heterocycles. The summed E-state index contributed by atoms with van der Waals surface area (Å²) in [6, 6.07) is 16.7. The fourth-order valence-corrected chi connectivity index (χ4v) is 4.20. The fourth-order valence-electron chi connectivity index (χ4n) is 3.73. The Balaban J connectivity index is 1.64. The monoisotopic (exact) mass is 400 g/mol. The van der Waals surface area contributed by atoms with Crippen molar-refractivity contribution in [1.82, 2.24) is 4.90 Å². The molecule has 2 aromatic carbocycles. The third-order valence-electron chi connectivity index (χ3n) is 5.12. The van der Waals surface area contributed by atoms with Crippen LogP contribution in [0.15, 0.2) is 65.5 Å². The Morgan fingerprint density at radius 1 is 1.04 bits per heavy atom. The molecule has 3 nitrogen and oxygen atoms in total. The molecule has 5 heteroatoms. The summed E-state index contributed by atoms with van der Waals surface area (Å²) in [5.41, 5.74) is 4.70. The van der Waals surface area contributed by atoms with Crippen LogP contribution < -0.4 is 4.90 Å². The van der Waals surface area contributed by atoms with E-state index in [1.54, 1.807) is 6.26 Å². The SMILES string of the molecule is Cc1ccc(N2CCN(Cc3ccoc3)CC2c2ccc(Cl)cc2)c(Cl)c1. The highest BCUT2D eigenvalue weighted by Gasteiger charge is 2.29. The summed E-state index contributed by atoms with van der Waals surface area (Å²) in [5.74, 6) is 0. The minimum atomic E-state index is 0.211. The van der Waals surface area contributed by atoms with Crippen LogP contribution >= 0.6 is 23.2 Å². The first-order valence-corrected chi connectivity index (χ1v) is 9.87. The quantitative estimate of drug-likeness (QED) is 0.538. The second-order valence-corrected chi connectivity index (χ2v) is 7.93. The highest BCUT2D eigenvalue weighted by atomic mass is 35.5. The van der Waals surface area contributed by atoms with Crippen molar-refractivity contribution in [1.29, 1.82) is 0 Å². The van der Waals surface area contributed by atoms with Gasteiger partial charge in [-0.3, -0.25) is 4.90 Å². The first-order valence-electron chi connectivity index (χ1n) is 9.12. The van der Waals surface area contributed by atoms with Crippen molar-refractivity contribution in [3.63, 3.8) is 0 Å². The fraction of sp³-hybridized carbons (Fsp3) is 0.273. The largest absolute Gasteiger partial charge is 0.472 e. The van der Waals surface area contributed by atoms with Gasteiger partial charge in [0.15, 0.2) is 0 Å². The summed E-state index contributed by atoms with van der Waals surface area (Å²) in [6.45, 7) is 5.75. The second-order valence-electron chi connectivity index (χ2n) is 7.08. The normalized spacial score (nSPS) is 18.0. The number of rotatable bonds is 4. The Bertz CT molecular complexity index is 893. The van der Waals surface area contributed by atoms with Crippen LogP contribution in [0, 0.1) is 6.92 Å². The maximum Gasteiger partial charge on any atom is 0.0947 e. The van der Waals surface area contributed by atoms with Crippen molar-refractivity contribution in [2.24, 2.45) is 0 Å². The van der Waals surface area contributed by atoms with Gasteiger partial charge in [0.1, 0.15) is 0 Å². The Kier molecular flexibility index (Phi) is 5.44. The van der Waals surface area contributed by atoms with Gasteiger partial charge in [-0.05, 0) is 48.4 Å². The van der Waals surface area contributed by atoms with Crippen molar-refractivity contribution >= 4 is 28.9 Å². The van der Waals surface area contributed by atoms with Gasteiger partial charge in [0.2, 0.25) is 0 Å². The van der Waals surface area contributed by atoms with Crippen LogP contribution in [0.2, 0.25) is 10.0 Å². The van der Waals surface area contributed by atoms with E-state index >= 15 is 0 Å². The minimum absolute atomic E-state index is 0.211. The topological polar surface area (TPSA) is 19.6 Å². The van der Waals surface area contributed by atoms with Crippen LogP contribution in [0.5, 0.6) is 0 Å². The van der Waals surface area contributed by atoms with E-state index in [2.05, 4.69) is 41.0 Å². The number of aryl methyl sites for hydroxylation is 1. The average molecular weight is 401 g/mol. The molecule has 2 heterocycles. The molecule has 0 saturated carbocycles. The molecule has 1 unspecified atom stereocenters. The number of furan rings is 1. The molecule has 1 fully saturated rings. The third kappa shape index (κ3) is 4.16. The lowest BCUT2D eigenvalue weighted by molar-refractivity contribution is 0.215. The lowest BCUT2D eigenvalue weighted by Crippen LogP contribution is -2.48. The second kappa shape index (κ2) is 7.97. The predicted molar refractivity (Wildman–Crippen MR) is 112 cm³/mol. The van der Waals surface area contributed by atoms with Gasteiger partial charge in [-0.15, -0.1) is 0 Å². The molecular formula is C22H22Cl2N2O. The maximum absolute atomic E-state index is 6.60. The van der Waals surface area contributed by atoms with E-state index in [0.29, 0.717) is 0 Å². The smallest absolute Gasteiger partial charge is 0.0947 e. The summed E-state index contributed by atoms with van der Waals surface area (Å²) >= 11 is 12.7. The lowest BCUT2D eigenvalue weighted by atomic mass is 10.0. The molecule has 1 saturated heterocycles. The molecule has 0 aliphatic carbocycles. The van der Waals surface area contributed by atoms with E-state index in [0.717, 1.165) is 41.9 Å². The van der Waals surface area contributed by atoms with Crippen LogP contribution in [-0.2, 0) is 6.54 Å². The van der Waals surface area contributed by atoms with Crippen molar-refractivity contribution in [2.45, 2.75) is 19.5 Å². The standard InChI is InChI=1S/C22H22Cl2N2O/c1-16-2-7-21(20(24)12-16)26-10-9-25(13-17-8-11-27-15-17)14-22(26)18-3-5-19(23)6-4-18/h2-8,11-12,15,22H,9-10,13-14H2,1H3. The summed E-state index contributed by atoms with van der Waals surface area (Å²) in [6.07, 6.45) is 3.55. The van der Waals surface area contributed by atoms with E-state index < -0.39 is 0 Å². The minimum Gasteiger partial charge on any atom is -0.472 e. The van der Waals surface area contributed by atoms with Gasteiger partial charge in [0, 0.05) is 36.8 Å². The third-order valence-corrected chi connectivity index (χ3v) is 5.67. The van der Waals surface area contributed by atoms with Crippen LogP contribution in [0.3, 0.4) is 0 Å². The molecular weight excluding hydrogens is 379 g/mol. The Labute approximate surface area is 170 Å². The summed E-state index contributed by atoms with van der Waals surface area (Å²) in [5, 5.41) is 1.56. The molecule has 1 atom stereocenters. The molecule has 140 valence electrons. The van der Waals surface area contributed by atoms with Gasteiger partial charge in [-0.1, -0.05) is 41.4 Å². The van der Waals surface area contributed by atoms with Crippen LogP contribution in [0.1, 0.15) is 22.7 Å². The summed E-state index contributed by atoms with van der Waals surface area (Å²) in [4.78, 5) is 4.87. The number of nitrogens with zero attached hydrogens (tertiary/aromatic N) is 2. The van der Waals surface area contributed by atoms with Gasteiger partial charge < -0.3 is 9.32 Å². The number of piperazine rings is 1. The van der Waals surface area contributed by atoms with Crippen LogP contribution in [0.25, 0.3) is 0 Å². The van der Waals surface area contributed by atoms with Crippen molar-refractivity contribution in [3.05, 3.63) is 87.8 Å². The highest BCUT2D eigenvalue weighted by Crippen LogP contribution is 2.36. The molecule has 1 aliphatic rings. The van der Waals surface area contributed by atoms with Gasteiger partial charge in [-0.2, -0.15) is 0 Å². The molecule has 0 bridgehead atoms. The average Bonchev–Trinajstić information content (AvgIpc) is 3.16. The number of halogens is 2. The lowest BCUT2D eigenvalue weighted by Gasteiger charge is -2.43. The van der Waals surface area contributed by atoms with Crippen molar-refractivity contribution < 1.29 is 4.42 Å². The first-order chi connectivity index (χ1) is 13.1. The van der Waals surface area contributed by atoms with Crippen LogP contribution in [-0.4, -0.2) is 24.5 Å². The van der Waals surface area contributed by atoms with Gasteiger partial charge in [0.05, 0.1) is 29.3 Å². The Morgan fingerprint density at radius 2 is 1.85 bits per heavy atom. The number of hydrogen-bond acceptors (Lipinski definition) is 3. The zero-order valence-corrected chi connectivity index (χ0v) is 16.7. The molecule has 4 rings (SSSR count). The van der Waals surface area contributed by atoms with E-state index in [1.807, 2.05) is 30.5 Å². The molecule has 27 heavy (non-hydrogen) atoms. The Hall–Kier alpha value is -1.94. The van der Waals surface area contributed by atoms with E-state index in [9.17, 15) is 0 Å². The summed E-state index contributed by atoms with van der Waals surface area (Å²) in [7, 11) is 0. The van der Waals surface area contributed by atoms with E-state index in [4.69, 9.17) is 27.6 Å². The van der Waals surface area contributed by atoms with Gasteiger partial charge in [0.25, 0.3) is 0 Å². The number of benzene rings is 2. The molecule has 1 aliphatic heterocycles. The first kappa shape index (κ1) is 18.4.